The number of aromatic nitrogens is 2. The van der Waals surface area contributed by atoms with Crippen LogP contribution in [-0.2, 0) is 16.0 Å². The monoisotopic (exact) mass is 453 g/mol. The fraction of sp³-hybridized carbons (Fsp3) is 0.304. The normalized spacial score (nSPS) is 17.2. The van der Waals surface area contributed by atoms with E-state index in [2.05, 4.69) is 15.3 Å². The van der Waals surface area contributed by atoms with E-state index in [1.54, 1.807) is 23.2 Å². The Bertz CT molecular complexity index is 1150. The molecular weight excluding hydrogens is 430 g/mol. The van der Waals surface area contributed by atoms with Gasteiger partial charge in [0.2, 0.25) is 11.8 Å². The molecule has 1 aliphatic heterocycles. The summed E-state index contributed by atoms with van der Waals surface area (Å²) in [5.41, 5.74) is 7.37. The van der Waals surface area contributed by atoms with Gasteiger partial charge < -0.3 is 20.9 Å². The lowest BCUT2D eigenvalue weighted by Crippen LogP contribution is -2.53. The molecule has 0 aliphatic carbocycles. The molecule has 1 aliphatic rings. The highest BCUT2D eigenvalue weighted by Gasteiger charge is 2.32. The topological polar surface area (TPSA) is 121 Å². The lowest BCUT2D eigenvalue weighted by molar-refractivity contribution is -0.136. The summed E-state index contributed by atoms with van der Waals surface area (Å²) in [4.78, 5) is 46.7. The van der Waals surface area contributed by atoms with Gasteiger partial charge in [-0.1, -0.05) is 41.9 Å². The molecule has 0 saturated carbocycles. The van der Waals surface area contributed by atoms with E-state index in [0.717, 1.165) is 10.9 Å². The molecule has 3 aromatic rings. The summed E-state index contributed by atoms with van der Waals surface area (Å²) in [5.74, 6) is -1.41. The number of likely N-dealkylation sites (tertiary alicyclic amines) is 1. The summed E-state index contributed by atoms with van der Waals surface area (Å²) in [7, 11) is 0. The first-order valence-corrected chi connectivity index (χ1v) is 10.9. The molecule has 0 bridgehead atoms. The van der Waals surface area contributed by atoms with Crippen LogP contribution >= 0.6 is 11.6 Å². The van der Waals surface area contributed by atoms with Crippen molar-refractivity contribution in [1.29, 1.82) is 0 Å². The molecule has 1 saturated heterocycles. The van der Waals surface area contributed by atoms with E-state index >= 15 is 0 Å². The Labute approximate surface area is 190 Å². The number of H-pyrrole nitrogens is 1. The first kappa shape index (κ1) is 21.8. The number of aromatic amines is 1. The van der Waals surface area contributed by atoms with Gasteiger partial charge in [0, 0.05) is 24.9 Å². The molecule has 1 aromatic carbocycles. The third-order valence-electron chi connectivity index (χ3n) is 5.74. The molecule has 1 fully saturated rings. The van der Waals surface area contributed by atoms with E-state index in [-0.39, 0.29) is 18.4 Å². The minimum Gasteiger partial charge on any atom is -0.369 e. The van der Waals surface area contributed by atoms with Gasteiger partial charge in [0.05, 0.1) is 17.6 Å². The summed E-state index contributed by atoms with van der Waals surface area (Å²) >= 11 is 5.94. The first-order chi connectivity index (χ1) is 15.4. The molecule has 0 radical (unpaired) electrons. The summed E-state index contributed by atoms with van der Waals surface area (Å²) in [6.45, 7) is 0.798. The van der Waals surface area contributed by atoms with Gasteiger partial charge in [0.25, 0.3) is 5.91 Å². The lowest BCUT2D eigenvalue weighted by Gasteiger charge is -2.34. The number of hydrogen-bond donors (Lipinski definition) is 3. The summed E-state index contributed by atoms with van der Waals surface area (Å²) in [5, 5.41) is 3.95. The van der Waals surface area contributed by atoms with Crippen LogP contribution in [0.15, 0.2) is 48.7 Å². The van der Waals surface area contributed by atoms with Crippen molar-refractivity contribution in [2.24, 2.45) is 11.7 Å². The maximum absolute atomic E-state index is 13.4. The van der Waals surface area contributed by atoms with Gasteiger partial charge >= 0.3 is 0 Å². The number of hydrogen-bond acceptors (Lipinski definition) is 4. The molecule has 1 unspecified atom stereocenters. The van der Waals surface area contributed by atoms with Crippen LogP contribution in [0.4, 0.5) is 0 Å². The third-order valence-corrected chi connectivity index (χ3v) is 5.94. The van der Waals surface area contributed by atoms with E-state index in [0.29, 0.717) is 42.2 Å². The number of piperidine rings is 1. The van der Waals surface area contributed by atoms with Gasteiger partial charge in [-0.3, -0.25) is 14.4 Å². The van der Waals surface area contributed by atoms with Crippen molar-refractivity contribution in [2.45, 2.75) is 25.3 Å². The number of carbonyl (C=O) groups is 3. The SMILES string of the molecule is NC(=O)C1CCCN(C(=O)[C@H](Cc2ccccc2)NC(=O)c2cc3cc(Cl)ncc3[nH]2)C1. The minimum atomic E-state index is -0.787. The second kappa shape index (κ2) is 9.40. The number of amides is 3. The number of fused-ring (bicyclic) bond motifs is 1. The molecule has 32 heavy (non-hydrogen) atoms. The van der Waals surface area contributed by atoms with E-state index in [1.807, 2.05) is 30.3 Å². The van der Waals surface area contributed by atoms with Crippen molar-refractivity contribution in [1.82, 2.24) is 20.2 Å². The molecule has 3 heterocycles. The van der Waals surface area contributed by atoms with Crippen LogP contribution in [0.25, 0.3) is 10.9 Å². The van der Waals surface area contributed by atoms with E-state index in [4.69, 9.17) is 17.3 Å². The number of halogens is 1. The second-order valence-corrected chi connectivity index (χ2v) is 8.41. The number of primary amides is 1. The van der Waals surface area contributed by atoms with Gasteiger partial charge in [-0.2, -0.15) is 0 Å². The molecule has 2 aromatic heterocycles. The predicted molar refractivity (Wildman–Crippen MR) is 121 cm³/mol. The van der Waals surface area contributed by atoms with Crippen molar-refractivity contribution in [3.05, 3.63) is 65.1 Å². The van der Waals surface area contributed by atoms with Crippen molar-refractivity contribution < 1.29 is 14.4 Å². The zero-order chi connectivity index (χ0) is 22.7. The Morgan fingerprint density at radius 2 is 2.03 bits per heavy atom. The Hall–Kier alpha value is -3.39. The van der Waals surface area contributed by atoms with Crippen LogP contribution in [-0.4, -0.2) is 51.7 Å². The van der Waals surface area contributed by atoms with Gasteiger partial charge in [0.1, 0.15) is 16.9 Å². The van der Waals surface area contributed by atoms with E-state index in [9.17, 15) is 14.4 Å². The van der Waals surface area contributed by atoms with Crippen molar-refractivity contribution in [3.8, 4) is 0 Å². The number of carbonyl (C=O) groups excluding carboxylic acids is 3. The van der Waals surface area contributed by atoms with Crippen LogP contribution in [0.2, 0.25) is 5.15 Å². The molecular formula is C23H24ClN5O3. The predicted octanol–water partition coefficient (Wildman–Crippen LogP) is 2.28. The van der Waals surface area contributed by atoms with E-state index in [1.165, 1.54) is 0 Å². The fourth-order valence-electron chi connectivity index (χ4n) is 4.04. The molecule has 2 atom stereocenters. The number of nitrogens with one attached hydrogen (secondary N) is 2. The Morgan fingerprint density at radius 3 is 2.78 bits per heavy atom. The van der Waals surface area contributed by atoms with Gasteiger partial charge in [0.15, 0.2) is 0 Å². The highest BCUT2D eigenvalue weighted by atomic mass is 35.5. The van der Waals surface area contributed by atoms with Crippen molar-refractivity contribution in [3.63, 3.8) is 0 Å². The third kappa shape index (κ3) is 4.91. The Morgan fingerprint density at radius 1 is 1.25 bits per heavy atom. The standard InChI is InChI=1S/C23H24ClN5O3/c24-20-11-16-10-17(27-19(16)12-26-20)22(31)28-18(9-14-5-2-1-3-6-14)23(32)29-8-4-7-15(13-29)21(25)30/h1-3,5-6,10-12,15,18,27H,4,7-9,13H2,(H2,25,30)(H,28,31)/t15?,18-/m0/s1. The molecule has 3 amide bonds. The van der Waals surface area contributed by atoms with Crippen LogP contribution < -0.4 is 11.1 Å². The highest BCUT2D eigenvalue weighted by Crippen LogP contribution is 2.20. The maximum atomic E-state index is 13.4. The van der Waals surface area contributed by atoms with Crippen molar-refractivity contribution >= 4 is 40.2 Å². The van der Waals surface area contributed by atoms with E-state index < -0.39 is 17.9 Å². The quantitative estimate of drug-likeness (QED) is 0.495. The number of pyridine rings is 1. The Balaban J connectivity index is 1.56. The summed E-state index contributed by atoms with van der Waals surface area (Å²) in [6.07, 6.45) is 3.25. The van der Waals surface area contributed by atoms with Crippen molar-refractivity contribution in [2.75, 3.05) is 13.1 Å². The molecule has 0 spiro atoms. The molecule has 4 N–H and O–H groups in total. The molecule has 9 heteroatoms. The van der Waals surface area contributed by atoms with Crippen LogP contribution in [0, 0.1) is 5.92 Å². The summed E-state index contributed by atoms with van der Waals surface area (Å²) in [6, 6.07) is 12.0. The zero-order valence-corrected chi connectivity index (χ0v) is 18.1. The fourth-order valence-corrected chi connectivity index (χ4v) is 4.21. The average Bonchev–Trinajstić information content (AvgIpc) is 3.22. The van der Waals surface area contributed by atoms with Crippen LogP contribution in [0.5, 0.6) is 0 Å². The van der Waals surface area contributed by atoms with Gasteiger partial charge in [-0.25, -0.2) is 4.98 Å². The van der Waals surface area contributed by atoms with Gasteiger partial charge in [-0.05, 0) is 30.5 Å². The smallest absolute Gasteiger partial charge is 0.268 e. The summed E-state index contributed by atoms with van der Waals surface area (Å²) < 4.78 is 0. The Kier molecular flexibility index (Phi) is 6.41. The zero-order valence-electron chi connectivity index (χ0n) is 17.4. The van der Waals surface area contributed by atoms with Gasteiger partial charge in [-0.15, -0.1) is 0 Å². The largest absolute Gasteiger partial charge is 0.369 e. The highest BCUT2D eigenvalue weighted by molar-refractivity contribution is 6.30. The number of benzene rings is 1. The molecule has 166 valence electrons. The number of rotatable bonds is 6. The van der Waals surface area contributed by atoms with Crippen LogP contribution in [0.1, 0.15) is 28.9 Å². The minimum absolute atomic E-state index is 0.228. The number of nitrogens with two attached hydrogens (primary N) is 1. The lowest BCUT2D eigenvalue weighted by atomic mass is 9.96. The average molecular weight is 454 g/mol. The van der Waals surface area contributed by atoms with Crippen LogP contribution in [0.3, 0.4) is 0 Å². The maximum Gasteiger partial charge on any atom is 0.268 e. The molecule has 4 rings (SSSR count). The first-order valence-electron chi connectivity index (χ1n) is 10.5. The molecule has 8 nitrogen and oxygen atoms in total. The second-order valence-electron chi connectivity index (χ2n) is 8.02. The number of nitrogens with zero attached hydrogens (tertiary/aromatic N) is 2.